The van der Waals surface area contributed by atoms with Crippen molar-refractivity contribution in [1.29, 1.82) is 0 Å². The molecule has 0 aliphatic heterocycles. The Morgan fingerprint density at radius 1 is 1.25 bits per heavy atom. The van der Waals surface area contributed by atoms with Gasteiger partial charge in [-0.15, -0.1) is 0 Å². The van der Waals surface area contributed by atoms with Crippen molar-refractivity contribution in [2.24, 2.45) is 5.41 Å². The minimum absolute atomic E-state index is 0.0297. The van der Waals surface area contributed by atoms with Gasteiger partial charge in [-0.3, -0.25) is 9.59 Å². The van der Waals surface area contributed by atoms with E-state index in [1.807, 2.05) is 0 Å². The SMILES string of the molecule is O=C(O)C1(C(=O)NC2CC2c2c(F)cccc2F)CC1. The molecule has 3 rings (SSSR count). The number of carbonyl (C=O) groups is 2. The van der Waals surface area contributed by atoms with Gasteiger partial charge < -0.3 is 10.4 Å². The average Bonchev–Trinajstić information content (AvgIpc) is 3.22. The maximum Gasteiger partial charge on any atom is 0.319 e. The van der Waals surface area contributed by atoms with E-state index in [-0.39, 0.29) is 11.6 Å². The first-order valence-electron chi connectivity index (χ1n) is 6.44. The minimum Gasteiger partial charge on any atom is -0.480 e. The molecule has 2 saturated carbocycles. The van der Waals surface area contributed by atoms with Crippen LogP contribution in [-0.4, -0.2) is 23.0 Å². The summed E-state index contributed by atoms with van der Waals surface area (Å²) in [5, 5.41) is 11.6. The topological polar surface area (TPSA) is 66.4 Å². The number of hydrogen-bond acceptors (Lipinski definition) is 2. The summed E-state index contributed by atoms with van der Waals surface area (Å²) in [6.07, 6.45) is 1.07. The lowest BCUT2D eigenvalue weighted by molar-refractivity contribution is -0.149. The van der Waals surface area contributed by atoms with Crippen LogP contribution >= 0.6 is 0 Å². The van der Waals surface area contributed by atoms with Crippen molar-refractivity contribution < 1.29 is 23.5 Å². The predicted molar refractivity (Wildman–Crippen MR) is 64.9 cm³/mol. The molecule has 0 bridgehead atoms. The van der Waals surface area contributed by atoms with E-state index < -0.39 is 34.8 Å². The fraction of sp³-hybridized carbons (Fsp3) is 0.429. The van der Waals surface area contributed by atoms with Gasteiger partial charge in [0.05, 0.1) is 0 Å². The minimum atomic E-state index is -1.32. The third-order valence-electron chi connectivity index (χ3n) is 4.07. The summed E-state index contributed by atoms with van der Waals surface area (Å²) in [5.74, 6) is -3.36. The zero-order valence-electron chi connectivity index (χ0n) is 10.5. The second kappa shape index (κ2) is 4.26. The van der Waals surface area contributed by atoms with Crippen LogP contribution in [-0.2, 0) is 9.59 Å². The Morgan fingerprint density at radius 3 is 2.35 bits per heavy atom. The van der Waals surface area contributed by atoms with Gasteiger partial charge in [0.25, 0.3) is 0 Å². The first-order chi connectivity index (χ1) is 9.45. The van der Waals surface area contributed by atoms with Crippen LogP contribution in [0, 0.1) is 17.0 Å². The number of carboxylic acids is 1. The van der Waals surface area contributed by atoms with Crippen LogP contribution < -0.4 is 5.32 Å². The van der Waals surface area contributed by atoms with Gasteiger partial charge in [-0.25, -0.2) is 8.78 Å². The number of rotatable bonds is 4. The van der Waals surface area contributed by atoms with Crippen molar-refractivity contribution in [3.8, 4) is 0 Å². The lowest BCUT2D eigenvalue weighted by atomic mass is 10.1. The lowest BCUT2D eigenvalue weighted by Crippen LogP contribution is -2.38. The molecule has 1 amide bonds. The highest BCUT2D eigenvalue weighted by molar-refractivity contribution is 6.05. The molecule has 4 nitrogen and oxygen atoms in total. The molecule has 2 aliphatic rings. The van der Waals surface area contributed by atoms with Gasteiger partial charge in [0.1, 0.15) is 17.0 Å². The number of carboxylic acid groups (broad SMARTS) is 1. The summed E-state index contributed by atoms with van der Waals surface area (Å²) in [6.45, 7) is 0. The van der Waals surface area contributed by atoms with E-state index in [0.717, 1.165) is 0 Å². The van der Waals surface area contributed by atoms with Crippen LogP contribution in [0.25, 0.3) is 0 Å². The van der Waals surface area contributed by atoms with Gasteiger partial charge in [0, 0.05) is 17.5 Å². The van der Waals surface area contributed by atoms with Gasteiger partial charge in [0.2, 0.25) is 5.91 Å². The third-order valence-corrected chi connectivity index (χ3v) is 4.07. The van der Waals surface area contributed by atoms with Gasteiger partial charge in [-0.1, -0.05) is 6.07 Å². The van der Waals surface area contributed by atoms with Crippen LogP contribution in [0.5, 0.6) is 0 Å². The third kappa shape index (κ3) is 1.95. The van der Waals surface area contributed by atoms with Gasteiger partial charge in [0.15, 0.2) is 0 Å². The standard InChI is InChI=1S/C14H13F2NO3/c15-8-2-1-3-9(16)11(8)7-6-10(7)17-12(18)14(4-5-14)13(19)20/h1-3,7,10H,4-6H2,(H,17,18)(H,19,20). The molecule has 106 valence electrons. The van der Waals surface area contributed by atoms with Crippen LogP contribution in [0.15, 0.2) is 18.2 Å². The van der Waals surface area contributed by atoms with E-state index in [0.29, 0.717) is 19.3 Å². The molecule has 1 aromatic carbocycles. The molecule has 2 N–H and O–H groups in total. The van der Waals surface area contributed by atoms with Gasteiger partial charge in [-0.2, -0.15) is 0 Å². The summed E-state index contributed by atoms with van der Waals surface area (Å²) in [4.78, 5) is 22.9. The van der Waals surface area contributed by atoms with Crippen molar-refractivity contribution in [2.45, 2.75) is 31.2 Å². The molecular weight excluding hydrogens is 268 g/mol. The monoisotopic (exact) mass is 281 g/mol. The zero-order chi connectivity index (χ0) is 14.5. The number of hydrogen-bond donors (Lipinski definition) is 2. The van der Waals surface area contributed by atoms with E-state index in [4.69, 9.17) is 5.11 Å². The van der Waals surface area contributed by atoms with E-state index in [2.05, 4.69) is 5.32 Å². The Kier molecular flexibility index (Phi) is 2.77. The summed E-state index contributed by atoms with van der Waals surface area (Å²) in [5.41, 5.74) is -1.35. The molecule has 1 aromatic rings. The Labute approximate surface area is 113 Å². The van der Waals surface area contributed by atoms with E-state index >= 15 is 0 Å². The molecule has 0 radical (unpaired) electrons. The van der Waals surface area contributed by atoms with Crippen molar-refractivity contribution in [1.82, 2.24) is 5.32 Å². The number of halogens is 2. The summed E-state index contributed by atoms with van der Waals surface area (Å²) < 4.78 is 27.2. The lowest BCUT2D eigenvalue weighted by Gasteiger charge is -2.11. The van der Waals surface area contributed by atoms with Crippen LogP contribution in [0.2, 0.25) is 0 Å². The Balaban J connectivity index is 1.69. The number of nitrogens with one attached hydrogen (secondary N) is 1. The van der Waals surface area contributed by atoms with E-state index in [1.165, 1.54) is 18.2 Å². The fourth-order valence-electron chi connectivity index (χ4n) is 2.51. The highest BCUT2D eigenvalue weighted by atomic mass is 19.1. The molecular formula is C14H13F2NO3. The zero-order valence-corrected chi connectivity index (χ0v) is 10.5. The van der Waals surface area contributed by atoms with E-state index in [9.17, 15) is 18.4 Å². The maximum absolute atomic E-state index is 13.6. The van der Waals surface area contributed by atoms with Crippen LogP contribution in [0.4, 0.5) is 8.78 Å². The molecule has 0 heterocycles. The Hall–Kier alpha value is -1.98. The smallest absolute Gasteiger partial charge is 0.319 e. The largest absolute Gasteiger partial charge is 0.480 e. The molecule has 6 heteroatoms. The van der Waals surface area contributed by atoms with E-state index in [1.54, 1.807) is 0 Å². The first-order valence-corrected chi connectivity index (χ1v) is 6.44. The molecule has 2 unspecified atom stereocenters. The molecule has 0 aromatic heterocycles. The fourth-order valence-corrected chi connectivity index (χ4v) is 2.51. The quantitative estimate of drug-likeness (QED) is 0.827. The average molecular weight is 281 g/mol. The number of benzene rings is 1. The van der Waals surface area contributed by atoms with Crippen molar-refractivity contribution >= 4 is 11.9 Å². The Morgan fingerprint density at radius 2 is 1.85 bits per heavy atom. The molecule has 2 fully saturated rings. The van der Waals surface area contributed by atoms with Gasteiger partial charge in [-0.05, 0) is 31.4 Å². The number of carbonyl (C=O) groups excluding carboxylic acids is 1. The predicted octanol–water partition coefficient (Wildman–Crippen LogP) is 1.80. The highest BCUT2D eigenvalue weighted by Gasteiger charge is 2.58. The van der Waals surface area contributed by atoms with Crippen molar-refractivity contribution in [3.63, 3.8) is 0 Å². The molecule has 20 heavy (non-hydrogen) atoms. The normalized spacial score (nSPS) is 25.9. The second-order valence-corrected chi connectivity index (χ2v) is 5.44. The summed E-state index contributed by atoms with van der Waals surface area (Å²) in [6, 6.07) is 3.25. The molecule has 2 aliphatic carbocycles. The number of amides is 1. The molecule has 0 saturated heterocycles. The molecule has 2 atom stereocenters. The molecule has 0 spiro atoms. The van der Waals surface area contributed by atoms with Crippen molar-refractivity contribution in [2.75, 3.05) is 0 Å². The first kappa shape index (κ1) is 13.0. The second-order valence-electron chi connectivity index (χ2n) is 5.44. The van der Waals surface area contributed by atoms with Crippen LogP contribution in [0.1, 0.15) is 30.7 Å². The Bertz CT molecular complexity index is 578. The van der Waals surface area contributed by atoms with Crippen molar-refractivity contribution in [3.05, 3.63) is 35.4 Å². The summed E-state index contributed by atoms with van der Waals surface area (Å²) >= 11 is 0. The van der Waals surface area contributed by atoms with Gasteiger partial charge >= 0.3 is 5.97 Å². The number of aliphatic carboxylic acids is 1. The highest BCUT2D eigenvalue weighted by Crippen LogP contribution is 2.48. The van der Waals surface area contributed by atoms with Crippen LogP contribution in [0.3, 0.4) is 0 Å². The summed E-state index contributed by atoms with van der Waals surface area (Å²) in [7, 11) is 0. The maximum atomic E-state index is 13.6.